The highest BCUT2D eigenvalue weighted by Gasteiger charge is 2.18. The molecular formula is C14H24N4OS2. The van der Waals surface area contributed by atoms with Crippen LogP contribution in [0.1, 0.15) is 43.5 Å². The molecule has 7 heteroatoms. The van der Waals surface area contributed by atoms with Gasteiger partial charge >= 0.3 is 0 Å². The smallest absolute Gasteiger partial charge is 0.243 e. The molecule has 1 heterocycles. The molecule has 2 rings (SSSR count). The third-order valence-electron chi connectivity index (χ3n) is 3.85. The number of nitrogens with two attached hydrogens (primary N) is 1. The molecule has 1 aromatic rings. The first-order valence-corrected chi connectivity index (χ1v) is 9.78. The molecule has 1 aliphatic carbocycles. The van der Waals surface area contributed by atoms with Gasteiger partial charge in [-0.2, -0.15) is 11.8 Å². The summed E-state index contributed by atoms with van der Waals surface area (Å²) in [5, 5.41) is 12.6. The van der Waals surface area contributed by atoms with Crippen LogP contribution < -0.4 is 11.1 Å². The first kappa shape index (κ1) is 16.7. The first-order chi connectivity index (χ1) is 10.2. The lowest BCUT2D eigenvalue weighted by atomic mass is 9.87. The molecule has 0 aromatic carbocycles. The van der Waals surface area contributed by atoms with E-state index in [2.05, 4.69) is 15.5 Å². The lowest BCUT2D eigenvalue weighted by Crippen LogP contribution is -2.36. The minimum Gasteiger partial charge on any atom is -0.320 e. The third-order valence-corrected chi connectivity index (χ3v) is 5.36. The molecule has 3 N–H and O–H groups in total. The molecule has 1 unspecified atom stereocenters. The van der Waals surface area contributed by atoms with Crippen molar-refractivity contribution in [2.45, 2.75) is 51.0 Å². The summed E-state index contributed by atoms with van der Waals surface area (Å²) in [7, 11) is 0. The molecule has 0 aliphatic heterocycles. The Bertz CT molecular complexity index is 446. The van der Waals surface area contributed by atoms with E-state index in [-0.39, 0.29) is 5.91 Å². The highest BCUT2D eigenvalue weighted by molar-refractivity contribution is 7.98. The molecule has 1 aliphatic rings. The molecule has 1 aromatic heterocycles. The second-order valence-electron chi connectivity index (χ2n) is 5.59. The summed E-state index contributed by atoms with van der Waals surface area (Å²) in [6.45, 7) is 0. The van der Waals surface area contributed by atoms with Gasteiger partial charge in [-0.25, -0.2) is 0 Å². The van der Waals surface area contributed by atoms with Gasteiger partial charge in [-0.1, -0.05) is 43.4 Å². The summed E-state index contributed by atoms with van der Waals surface area (Å²) >= 11 is 3.17. The van der Waals surface area contributed by atoms with Crippen molar-refractivity contribution in [2.75, 3.05) is 17.3 Å². The number of amides is 1. The quantitative estimate of drug-likeness (QED) is 0.804. The van der Waals surface area contributed by atoms with E-state index in [1.807, 2.05) is 6.26 Å². The number of carbonyl (C=O) groups excluding carboxylic acids is 1. The summed E-state index contributed by atoms with van der Waals surface area (Å²) in [5.74, 6) is 1.46. The van der Waals surface area contributed by atoms with Gasteiger partial charge in [0, 0.05) is 6.42 Å². The fraction of sp³-hybridized carbons (Fsp3) is 0.786. The third kappa shape index (κ3) is 5.56. The van der Waals surface area contributed by atoms with Crippen molar-refractivity contribution >= 4 is 34.1 Å². The van der Waals surface area contributed by atoms with Gasteiger partial charge < -0.3 is 5.73 Å². The lowest BCUT2D eigenvalue weighted by molar-refractivity contribution is -0.117. The number of anilines is 1. The molecule has 1 amide bonds. The van der Waals surface area contributed by atoms with E-state index < -0.39 is 6.04 Å². The maximum Gasteiger partial charge on any atom is 0.243 e. The Labute approximate surface area is 134 Å². The van der Waals surface area contributed by atoms with Crippen LogP contribution in [0.2, 0.25) is 0 Å². The number of nitrogens with zero attached hydrogens (tertiary/aromatic N) is 2. The van der Waals surface area contributed by atoms with Gasteiger partial charge in [0.25, 0.3) is 0 Å². The Morgan fingerprint density at radius 1 is 1.43 bits per heavy atom. The molecule has 118 valence electrons. The Balaban J connectivity index is 1.80. The Morgan fingerprint density at radius 3 is 2.90 bits per heavy atom. The average Bonchev–Trinajstić information content (AvgIpc) is 2.92. The zero-order chi connectivity index (χ0) is 15.1. The SMILES string of the molecule is CSCCC(N)C(=O)Nc1nnc(CC2CCCCC2)s1. The molecule has 0 spiro atoms. The van der Waals surface area contributed by atoms with Crippen LogP contribution >= 0.6 is 23.1 Å². The van der Waals surface area contributed by atoms with E-state index in [1.54, 1.807) is 11.8 Å². The van der Waals surface area contributed by atoms with Crippen LogP contribution in [0.15, 0.2) is 0 Å². The molecule has 1 saturated carbocycles. The van der Waals surface area contributed by atoms with Crippen LogP contribution in [0.25, 0.3) is 0 Å². The maximum absolute atomic E-state index is 11.9. The number of hydrogen-bond donors (Lipinski definition) is 2. The van der Waals surface area contributed by atoms with Crippen LogP contribution in [0.5, 0.6) is 0 Å². The van der Waals surface area contributed by atoms with Crippen LogP contribution in [0.4, 0.5) is 5.13 Å². The number of aromatic nitrogens is 2. The van der Waals surface area contributed by atoms with E-state index in [1.165, 1.54) is 43.4 Å². The van der Waals surface area contributed by atoms with Crippen molar-refractivity contribution in [1.82, 2.24) is 10.2 Å². The highest BCUT2D eigenvalue weighted by Crippen LogP contribution is 2.28. The first-order valence-electron chi connectivity index (χ1n) is 7.57. The predicted molar refractivity (Wildman–Crippen MR) is 89.8 cm³/mol. The van der Waals surface area contributed by atoms with Gasteiger partial charge in [0.1, 0.15) is 5.01 Å². The predicted octanol–water partition coefficient (Wildman–Crippen LogP) is 2.68. The molecule has 1 atom stereocenters. The zero-order valence-corrected chi connectivity index (χ0v) is 14.1. The van der Waals surface area contributed by atoms with E-state index >= 15 is 0 Å². The van der Waals surface area contributed by atoms with E-state index in [4.69, 9.17) is 5.73 Å². The van der Waals surface area contributed by atoms with Gasteiger partial charge in [0.2, 0.25) is 11.0 Å². The molecule has 21 heavy (non-hydrogen) atoms. The van der Waals surface area contributed by atoms with Crippen molar-refractivity contribution in [2.24, 2.45) is 11.7 Å². The topological polar surface area (TPSA) is 80.9 Å². The van der Waals surface area contributed by atoms with Gasteiger partial charge in [-0.05, 0) is 24.3 Å². The molecule has 5 nitrogen and oxygen atoms in total. The number of rotatable bonds is 7. The van der Waals surface area contributed by atoms with Gasteiger partial charge in [-0.15, -0.1) is 10.2 Å². The van der Waals surface area contributed by atoms with E-state index in [0.717, 1.165) is 23.1 Å². The second-order valence-corrected chi connectivity index (χ2v) is 7.63. The Morgan fingerprint density at radius 2 is 2.19 bits per heavy atom. The van der Waals surface area contributed by atoms with Crippen molar-refractivity contribution in [3.63, 3.8) is 0 Å². The molecule has 0 radical (unpaired) electrons. The van der Waals surface area contributed by atoms with Gasteiger partial charge in [0.15, 0.2) is 0 Å². The lowest BCUT2D eigenvalue weighted by Gasteiger charge is -2.19. The minimum absolute atomic E-state index is 0.163. The van der Waals surface area contributed by atoms with Crippen LogP contribution in [0, 0.1) is 5.92 Å². The number of thioether (sulfide) groups is 1. The monoisotopic (exact) mass is 328 g/mol. The van der Waals surface area contributed by atoms with Crippen LogP contribution in [-0.2, 0) is 11.2 Å². The highest BCUT2D eigenvalue weighted by atomic mass is 32.2. The zero-order valence-electron chi connectivity index (χ0n) is 12.5. The Kier molecular flexibility index (Phi) is 6.92. The van der Waals surface area contributed by atoms with Crippen molar-refractivity contribution < 1.29 is 4.79 Å². The number of carbonyl (C=O) groups is 1. The molecule has 1 fully saturated rings. The molecule has 0 bridgehead atoms. The summed E-state index contributed by atoms with van der Waals surface area (Å²) in [6.07, 6.45) is 10.3. The summed E-state index contributed by atoms with van der Waals surface area (Å²) in [4.78, 5) is 11.9. The summed E-state index contributed by atoms with van der Waals surface area (Å²) in [5.41, 5.74) is 5.84. The maximum atomic E-state index is 11.9. The van der Waals surface area contributed by atoms with E-state index in [9.17, 15) is 4.79 Å². The fourth-order valence-electron chi connectivity index (χ4n) is 2.60. The standard InChI is InChI=1S/C14H24N4OS2/c1-20-8-7-11(15)13(19)16-14-18-17-12(21-14)9-10-5-3-2-4-6-10/h10-11H,2-9,15H2,1H3,(H,16,18,19). The average molecular weight is 329 g/mol. The number of hydrogen-bond acceptors (Lipinski definition) is 6. The Hall–Kier alpha value is -0.660. The molecule has 0 saturated heterocycles. The fourth-order valence-corrected chi connectivity index (χ4v) is 3.95. The largest absolute Gasteiger partial charge is 0.320 e. The van der Waals surface area contributed by atoms with E-state index in [0.29, 0.717) is 11.6 Å². The van der Waals surface area contributed by atoms with Crippen LogP contribution in [-0.4, -0.2) is 34.2 Å². The minimum atomic E-state index is -0.469. The van der Waals surface area contributed by atoms with Crippen molar-refractivity contribution in [3.8, 4) is 0 Å². The van der Waals surface area contributed by atoms with Crippen molar-refractivity contribution in [3.05, 3.63) is 5.01 Å². The molecular weight excluding hydrogens is 304 g/mol. The second kappa shape index (κ2) is 8.70. The van der Waals surface area contributed by atoms with Crippen LogP contribution in [0.3, 0.4) is 0 Å². The summed E-state index contributed by atoms with van der Waals surface area (Å²) in [6, 6.07) is -0.469. The summed E-state index contributed by atoms with van der Waals surface area (Å²) < 4.78 is 0. The number of nitrogens with one attached hydrogen (secondary N) is 1. The van der Waals surface area contributed by atoms with Crippen molar-refractivity contribution in [1.29, 1.82) is 0 Å². The van der Waals surface area contributed by atoms with Gasteiger partial charge in [-0.3, -0.25) is 10.1 Å². The normalized spacial score (nSPS) is 17.6. The van der Waals surface area contributed by atoms with Gasteiger partial charge in [0.05, 0.1) is 6.04 Å².